The molecule has 0 bridgehead atoms. The van der Waals surface area contributed by atoms with Crippen LogP contribution in [0.5, 0.6) is 0 Å². The molecule has 0 unspecified atom stereocenters. The number of rotatable bonds is 0. The molecule has 1 aromatic carbocycles. The Balaban J connectivity index is 2.39. The average molecular weight is 172 g/mol. The van der Waals surface area contributed by atoms with Crippen LogP contribution in [0.3, 0.4) is 0 Å². The average Bonchev–Trinajstić information content (AvgIpc) is 2.16. The van der Waals surface area contributed by atoms with Gasteiger partial charge in [0.2, 0.25) is 0 Å². The van der Waals surface area contributed by atoms with E-state index in [0.29, 0.717) is 0 Å². The third kappa shape index (κ3) is 1.56. The van der Waals surface area contributed by atoms with Crippen LogP contribution in [-0.4, -0.2) is 6.04 Å². The number of nitriles is 1. The number of hydrogen-bond acceptors (Lipinski definition) is 2. The molecule has 0 saturated heterocycles. The number of fused-ring (bicyclic) bond motifs is 1. The van der Waals surface area contributed by atoms with Crippen molar-refractivity contribution in [2.24, 2.45) is 5.73 Å². The van der Waals surface area contributed by atoms with Gasteiger partial charge in [-0.1, -0.05) is 6.07 Å². The van der Waals surface area contributed by atoms with Gasteiger partial charge >= 0.3 is 0 Å². The van der Waals surface area contributed by atoms with Gasteiger partial charge in [-0.2, -0.15) is 5.26 Å². The Kier molecular flexibility index (Phi) is 2.03. The molecule has 1 aliphatic carbocycles. The first-order valence-electron chi connectivity index (χ1n) is 4.57. The van der Waals surface area contributed by atoms with Gasteiger partial charge < -0.3 is 5.73 Å². The summed E-state index contributed by atoms with van der Waals surface area (Å²) < 4.78 is 0. The molecule has 0 amide bonds. The van der Waals surface area contributed by atoms with E-state index in [2.05, 4.69) is 12.1 Å². The molecule has 0 fully saturated rings. The lowest BCUT2D eigenvalue weighted by atomic mass is 9.88. The highest BCUT2D eigenvalue weighted by Crippen LogP contribution is 2.21. The van der Waals surface area contributed by atoms with E-state index in [1.165, 1.54) is 11.1 Å². The smallest absolute Gasteiger partial charge is 0.0991 e. The molecule has 2 heteroatoms. The van der Waals surface area contributed by atoms with E-state index in [9.17, 15) is 0 Å². The highest BCUT2D eigenvalue weighted by atomic mass is 14.6. The van der Waals surface area contributed by atoms with Gasteiger partial charge in [0.05, 0.1) is 11.6 Å². The van der Waals surface area contributed by atoms with Crippen molar-refractivity contribution in [3.63, 3.8) is 0 Å². The van der Waals surface area contributed by atoms with Crippen LogP contribution in [0.4, 0.5) is 0 Å². The molecule has 2 N–H and O–H groups in total. The minimum atomic E-state index is 0.279. The maximum Gasteiger partial charge on any atom is 0.0991 e. The van der Waals surface area contributed by atoms with Crippen molar-refractivity contribution >= 4 is 0 Å². The van der Waals surface area contributed by atoms with Crippen LogP contribution in [0.25, 0.3) is 0 Å². The summed E-state index contributed by atoms with van der Waals surface area (Å²) in [4.78, 5) is 0. The van der Waals surface area contributed by atoms with Gasteiger partial charge in [-0.25, -0.2) is 0 Å². The van der Waals surface area contributed by atoms with E-state index in [-0.39, 0.29) is 6.04 Å². The largest absolute Gasteiger partial charge is 0.327 e. The van der Waals surface area contributed by atoms with Crippen LogP contribution in [0.15, 0.2) is 18.2 Å². The second kappa shape index (κ2) is 3.20. The molecule has 0 spiro atoms. The Labute approximate surface area is 78.0 Å². The first-order valence-corrected chi connectivity index (χ1v) is 4.57. The SMILES string of the molecule is N#Cc1ccc2c(c1)C[C@H](N)CC2. The molecule has 0 heterocycles. The summed E-state index contributed by atoms with van der Waals surface area (Å²) in [5, 5.41) is 8.72. The highest BCUT2D eigenvalue weighted by molar-refractivity contribution is 5.39. The van der Waals surface area contributed by atoms with Gasteiger partial charge in [0, 0.05) is 6.04 Å². The predicted molar refractivity (Wildman–Crippen MR) is 51.2 cm³/mol. The lowest BCUT2D eigenvalue weighted by Gasteiger charge is -2.21. The first kappa shape index (κ1) is 8.28. The van der Waals surface area contributed by atoms with Crippen molar-refractivity contribution in [3.05, 3.63) is 34.9 Å². The Bertz CT molecular complexity index is 363. The third-order valence-corrected chi connectivity index (χ3v) is 2.60. The van der Waals surface area contributed by atoms with Crippen LogP contribution in [0.1, 0.15) is 23.1 Å². The van der Waals surface area contributed by atoms with E-state index in [1.54, 1.807) is 0 Å². The van der Waals surface area contributed by atoms with Gasteiger partial charge in [0.25, 0.3) is 0 Å². The molecule has 1 aromatic rings. The lowest BCUT2D eigenvalue weighted by molar-refractivity contribution is 0.576. The quantitative estimate of drug-likeness (QED) is 0.642. The van der Waals surface area contributed by atoms with Gasteiger partial charge in [0.15, 0.2) is 0 Å². The first-order chi connectivity index (χ1) is 6.29. The molecular formula is C11H12N2. The summed E-state index contributed by atoms with van der Waals surface area (Å²) in [6.07, 6.45) is 3.05. The van der Waals surface area contributed by atoms with Crippen molar-refractivity contribution in [3.8, 4) is 6.07 Å². The van der Waals surface area contributed by atoms with E-state index in [1.807, 2.05) is 12.1 Å². The summed E-state index contributed by atoms with van der Waals surface area (Å²) in [5.41, 5.74) is 9.23. The summed E-state index contributed by atoms with van der Waals surface area (Å²) in [6.45, 7) is 0. The van der Waals surface area contributed by atoms with Crippen molar-refractivity contribution in [1.82, 2.24) is 0 Å². The monoisotopic (exact) mass is 172 g/mol. The Morgan fingerprint density at radius 2 is 2.23 bits per heavy atom. The fourth-order valence-electron chi connectivity index (χ4n) is 1.85. The maximum absolute atomic E-state index is 8.72. The fraction of sp³-hybridized carbons (Fsp3) is 0.364. The van der Waals surface area contributed by atoms with Crippen LogP contribution in [-0.2, 0) is 12.8 Å². The number of nitrogens with two attached hydrogens (primary N) is 1. The summed E-state index contributed by atoms with van der Waals surface area (Å²) in [6, 6.07) is 8.34. The van der Waals surface area contributed by atoms with Crippen LogP contribution < -0.4 is 5.73 Å². The molecular weight excluding hydrogens is 160 g/mol. The number of benzene rings is 1. The predicted octanol–water partition coefficient (Wildman–Crippen LogP) is 1.37. The summed E-state index contributed by atoms with van der Waals surface area (Å²) in [5.74, 6) is 0. The topological polar surface area (TPSA) is 49.8 Å². The summed E-state index contributed by atoms with van der Waals surface area (Å²) >= 11 is 0. The highest BCUT2D eigenvalue weighted by Gasteiger charge is 2.15. The zero-order chi connectivity index (χ0) is 9.26. The van der Waals surface area contributed by atoms with Crippen molar-refractivity contribution in [2.45, 2.75) is 25.3 Å². The molecule has 13 heavy (non-hydrogen) atoms. The Morgan fingerprint density at radius 1 is 1.38 bits per heavy atom. The minimum Gasteiger partial charge on any atom is -0.327 e. The normalized spacial score (nSPS) is 20.5. The summed E-state index contributed by atoms with van der Waals surface area (Å²) in [7, 11) is 0. The molecule has 2 rings (SSSR count). The van der Waals surface area contributed by atoms with Crippen molar-refractivity contribution < 1.29 is 0 Å². The molecule has 0 aromatic heterocycles. The minimum absolute atomic E-state index is 0.279. The second-order valence-corrected chi connectivity index (χ2v) is 3.60. The number of hydrogen-bond donors (Lipinski definition) is 1. The van der Waals surface area contributed by atoms with Gasteiger partial charge in [-0.3, -0.25) is 0 Å². The Hall–Kier alpha value is -1.33. The van der Waals surface area contributed by atoms with Crippen molar-refractivity contribution in [1.29, 1.82) is 5.26 Å². The van der Waals surface area contributed by atoms with Crippen LogP contribution >= 0.6 is 0 Å². The van der Waals surface area contributed by atoms with E-state index >= 15 is 0 Å². The Morgan fingerprint density at radius 3 is 3.00 bits per heavy atom. The molecule has 0 radical (unpaired) electrons. The van der Waals surface area contributed by atoms with Crippen molar-refractivity contribution in [2.75, 3.05) is 0 Å². The molecule has 66 valence electrons. The standard InChI is InChI=1S/C11H12N2/c12-7-8-1-2-9-3-4-11(13)6-10(9)5-8/h1-2,5,11H,3-4,6,13H2/t11-/m1/s1. The molecule has 0 aliphatic heterocycles. The molecule has 0 saturated carbocycles. The van der Waals surface area contributed by atoms with Gasteiger partial charge in [-0.05, 0) is 42.5 Å². The zero-order valence-electron chi connectivity index (χ0n) is 7.46. The van der Waals surface area contributed by atoms with Gasteiger partial charge in [0.1, 0.15) is 0 Å². The fourth-order valence-corrected chi connectivity index (χ4v) is 1.85. The number of aryl methyl sites for hydroxylation is 1. The molecule has 2 nitrogen and oxygen atoms in total. The maximum atomic E-state index is 8.72. The van der Waals surface area contributed by atoms with Gasteiger partial charge in [-0.15, -0.1) is 0 Å². The molecule has 1 aliphatic rings. The molecule has 1 atom stereocenters. The zero-order valence-corrected chi connectivity index (χ0v) is 7.46. The lowest BCUT2D eigenvalue weighted by Crippen LogP contribution is -2.27. The van der Waals surface area contributed by atoms with E-state index < -0.39 is 0 Å². The third-order valence-electron chi connectivity index (χ3n) is 2.60. The van der Waals surface area contributed by atoms with Crippen LogP contribution in [0.2, 0.25) is 0 Å². The van der Waals surface area contributed by atoms with Crippen LogP contribution in [0, 0.1) is 11.3 Å². The second-order valence-electron chi connectivity index (χ2n) is 3.60. The number of nitrogens with zero attached hydrogens (tertiary/aromatic N) is 1. The van der Waals surface area contributed by atoms with E-state index in [0.717, 1.165) is 24.8 Å². The van der Waals surface area contributed by atoms with E-state index in [4.69, 9.17) is 11.0 Å².